The van der Waals surface area contributed by atoms with Crippen molar-refractivity contribution in [2.24, 2.45) is 0 Å². The van der Waals surface area contributed by atoms with E-state index in [0.717, 1.165) is 4.47 Å². The van der Waals surface area contributed by atoms with Crippen LogP contribution in [-0.4, -0.2) is 29.3 Å². The lowest BCUT2D eigenvalue weighted by Gasteiger charge is -2.34. The molecule has 2 aliphatic rings. The molecule has 0 unspecified atom stereocenters. The van der Waals surface area contributed by atoms with Crippen LogP contribution in [0.1, 0.15) is 20.7 Å². The van der Waals surface area contributed by atoms with Gasteiger partial charge in [0.1, 0.15) is 11.9 Å². The summed E-state index contributed by atoms with van der Waals surface area (Å²) in [5.74, 6) is 0.630. The maximum atomic E-state index is 13.2. The van der Waals surface area contributed by atoms with E-state index < -0.39 is 6.10 Å². The molecule has 0 aliphatic carbocycles. The molecule has 0 fully saturated rings. The SMILES string of the molecule is O=C(NCC1=C[C@@H]2Oc3ccccc3C(=O)C2=CN1c1ncc(Br)cc1Br)c1ccc(Cl)c(Cl)c1. The number of Topliss-reactive ketones (excluding diaryl/α,β-unsaturated/α-hetero) is 1. The molecular formula is C25H15Br2Cl2N3O3. The fraction of sp³-hybridized carbons (Fsp3) is 0.0800. The fourth-order valence-corrected chi connectivity index (χ4v) is 5.29. The van der Waals surface area contributed by atoms with E-state index >= 15 is 0 Å². The van der Waals surface area contributed by atoms with Gasteiger partial charge in [0.05, 0.1) is 32.2 Å². The van der Waals surface area contributed by atoms with E-state index in [1.807, 2.05) is 18.2 Å². The lowest BCUT2D eigenvalue weighted by Crippen LogP contribution is -2.39. The van der Waals surface area contributed by atoms with Gasteiger partial charge in [0.15, 0.2) is 11.6 Å². The maximum absolute atomic E-state index is 13.2. The summed E-state index contributed by atoms with van der Waals surface area (Å²) >= 11 is 19.0. The Bertz CT molecular complexity index is 1440. The number of ketones is 1. The number of hydrogen-bond donors (Lipinski definition) is 1. The Kier molecular flexibility index (Phi) is 6.72. The summed E-state index contributed by atoms with van der Waals surface area (Å²) in [5, 5.41) is 3.56. The Labute approximate surface area is 227 Å². The van der Waals surface area contributed by atoms with Crippen LogP contribution in [0.4, 0.5) is 5.82 Å². The number of fused-ring (bicyclic) bond motifs is 2. The number of pyridine rings is 1. The second kappa shape index (κ2) is 9.78. The van der Waals surface area contributed by atoms with Gasteiger partial charge >= 0.3 is 0 Å². The summed E-state index contributed by atoms with van der Waals surface area (Å²) in [7, 11) is 0. The number of carbonyl (C=O) groups excluding carboxylic acids is 2. The van der Waals surface area contributed by atoms with Crippen molar-refractivity contribution in [1.29, 1.82) is 0 Å². The zero-order valence-corrected chi connectivity index (χ0v) is 22.5. The average Bonchev–Trinajstić information content (AvgIpc) is 2.84. The number of halogens is 4. The summed E-state index contributed by atoms with van der Waals surface area (Å²) in [4.78, 5) is 32.3. The van der Waals surface area contributed by atoms with Crippen molar-refractivity contribution in [3.8, 4) is 5.75 Å². The predicted molar refractivity (Wildman–Crippen MR) is 142 cm³/mol. The molecule has 1 N–H and O–H groups in total. The lowest BCUT2D eigenvalue weighted by molar-refractivity contribution is 0.0950. The molecule has 35 heavy (non-hydrogen) atoms. The molecular weight excluding hydrogens is 621 g/mol. The highest BCUT2D eigenvalue weighted by atomic mass is 79.9. The Morgan fingerprint density at radius 1 is 1.11 bits per heavy atom. The number of anilines is 1. The van der Waals surface area contributed by atoms with E-state index in [-0.39, 0.29) is 18.2 Å². The van der Waals surface area contributed by atoms with Crippen LogP contribution >= 0.6 is 55.1 Å². The van der Waals surface area contributed by atoms with Crippen LogP contribution in [0.5, 0.6) is 5.75 Å². The highest BCUT2D eigenvalue weighted by molar-refractivity contribution is 9.11. The van der Waals surface area contributed by atoms with Crippen LogP contribution in [0.3, 0.4) is 0 Å². The van der Waals surface area contributed by atoms with Crippen molar-refractivity contribution in [3.63, 3.8) is 0 Å². The quantitative estimate of drug-likeness (QED) is 0.351. The maximum Gasteiger partial charge on any atom is 0.251 e. The molecule has 0 saturated heterocycles. The highest BCUT2D eigenvalue weighted by Gasteiger charge is 2.35. The van der Waals surface area contributed by atoms with Gasteiger partial charge in [0.2, 0.25) is 0 Å². The van der Waals surface area contributed by atoms with E-state index in [2.05, 4.69) is 42.2 Å². The summed E-state index contributed by atoms with van der Waals surface area (Å²) in [6.07, 6.45) is 4.59. The molecule has 3 aromatic rings. The first-order valence-corrected chi connectivity index (χ1v) is 12.7. The molecule has 1 aromatic heterocycles. The molecule has 0 saturated carbocycles. The molecule has 2 aromatic carbocycles. The summed E-state index contributed by atoms with van der Waals surface area (Å²) in [5.41, 5.74) is 2.02. The number of para-hydroxylation sites is 1. The number of benzene rings is 2. The highest BCUT2D eigenvalue weighted by Crippen LogP contribution is 2.37. The Morgan fingerprint density at radius 3 is 2.69 bits per heavy atom. The first-order chi connectivity index (χ1) is 16.8. The van der Waals surface area contributed by atoms with Crippen LogP contribution < -0.4 is 15.0 Å². The van der Waals surface area contributed by atoms with Crippen molar-refractivity contribution < 1.29 is 14.3 Å². The standard InChI is InChI=1S/C25H15Br2Cl2N3O3/c26-14-8-18(27)24(30-10-14)32-12-17-22(35-21-4-2-1-3-16(21)23(17)33)9-15(32)11-31-25(34)13-5-6-19(28)20(29)7-13/h1-10,12,22H,11H2,(H,31,34)/t22-/m0/s1. The van der Waals surface area contributed by atoms with Gasteiger partial charge in [-0.15, -0.1) is 0 Å². The minimum Gasteiger partial charge on any atom is -0.481 e. The number of amides is 1. The molecule has 176 valence electrons. The molecule has 5 rings (SSSR count). The van der Waals surface area contributed by atoms with Crippen molar-refractivity contribution in [1.82, 2.24) is 10.3 Å². The van der Waals surface area contributed by atoms with E-state index in [1.165, 1.54) is 6.07 Å². The van der Waals surface area contributed by atoms with Crippen LogP contribution in [-0.2, 0) is 0 Å². The molecule has 0 bridgehead atoms. The summed E-state index contributed by atoms with van der Waals surface area (Å²) in [6.45, 7) is 0.142. The molecule has 0 spiro atoms. The molecule has 1 amide bonds. The second-order valence-corrected chi connectivity index (χ2v) is 10.3. The number of aromatic nitrogens is 1. The van der Waals surface area contributed by atoms with Gasteiger partial charge in [-0.05, 0) is 74.3 Å². The summed E-state index contributed by atoms with van der Waals surface area (Å²) in [6, 6.07) is 13.7. The zero-order chi connectivity index (χ0) is 24.7. The van der Waals surface area contributed by atoms with E-state index in [9.17, 15) is 9.59 Å². The molecule has 1 atom stereocenters. The minimum absolute atomic E-state index is 0.120. The van der Waals surface area contributed by atoms with Crippen LogP contribution in [0.2, 0.25) is 10.0 Å². The van der Waals surface area contributed by atoms with Gasteiger partial charge in [0.25, 0.3) is 5.91 Å². The van der Waals surface area contributed by atoms with Crippen molar-refractivity contribution >= 4 is 72.6 Å². The summed E-state index contributed by atoms with van der Waals surface area (Å²) < 4.78 is 7.61. The Balaban J connectivity index is 1.49. The van der Waals surface area contributed by atoms with Gasteiger partial charge in [0, 0.05) is 28.1 Å². The average molecular weight is 636 g/mol. The van der Waals surface area contributed by atoms with Crippen molar-refractivity contribution in [3.05, 3.63) is 108 Å². The predicted octanol–water partition coefficient (Wildman–Crippen LogP) is 6.58. The number of ether oxygens (including phenoxy) is 1. The van der Waals surface area contributed by atoms with E-state index in [1.54, 1.807) is 47.6 Å². The third kappa shape index (κ3) is 4.76. The Hall–Kier alpha value is -2.65. The molecule has 6 nitrogen and oxygen atoms in total. The van der Waals surface area contributed by atoms with E-state index in [4.69, 9.17) is 27.9 Å². The number of nitrogens with one attached hydrogen (secondary N) is 1. The van der Waals surface area contributed by atoms with Crippen molar-refractivity contribution in [2.45, 2.75) is 6.10 Å². The lowest BCUT2D eigenvalue weighted by atomic mass is 9.93. The zero-order valence-electron chi connectivity index (χ0n) is 17.8. The van der Waals surface area contributed by atoms with Gasteiger partial charge in [-0.25, -0.2) is 4.98 Å². The van der Waals surface area contributed by atoms with Crippen LogP contribution in [0.25, 0.3) is 0 Å². The third-order valence-corrected chi connectivity index (χ3v) is 7.26. The van der Waals surface area contributed by atoms with Crippen molar-refractivity contribution in [2.75, 3.05) is 11.4 Å². The largest absolute Gasteiger partial charge is 0.481 e. The first kappa shape index (κ1) is 24.1. The second-order valence-electron chi connectivity index (χ2n) is 7.75. The third-order valence-electron chi connectivity index (χ3n) is 5.50. The monoisotopic (exact) mass is 633 g/mol. The van der Waals surface area contributed by atoms with E-state index in [0.29, 0.717) is 48.5 Å². The van der Waals surface area contributed by atoms with Gasteiger partial charge in [-0.3, -0.25) is 9.59 Å². The topological polar surface area (TPSA) is 71.5 Å². The molecule has 2 aliphatic heterocycles. The fourth-order valence-electron chi connectivity index (χ4n) is 3.81. The smallest absolute Gasteiger partial charge is 0.251 e. The molecule has 3 heterocycles. The minimum atomic E-state index is -0.597. The Morgan fingerprint density at radius 2 is 1.91 bits per heavy atom. The number of rotatable bonds is 4. The normalized spacial score (nSPS) is 16.5. The number of hydrogen-bond acceptors (Lipinski definition) is 5. The van der Waals surface area contributed by atoms with Gasteiger partial charge in [-0.2, -0.15) is 0 Å². The molecule has 10 heteroatoms. The van der Waals surface area contributed by atoms with Gasteiger partial charge in [-0.1, -0.05) is 35.3 Å². The number of carbonyl (C=O) groups is 2. The van der Waals surface area contributed by atoms with Gasteiger partial charge < -0.3 is 15.0 Å². The molecule has 0 radical (unpaired) electrons. The number of nitrogens with zero attached hydrogens (tertiary/aromatic N) is 2. The first-order valence-electron chi connectivity index (χ1n) is 10.4. The van der Waals surface area contributed by atoms with Crippen LogP contribution in [0.15, 0.2) is 87.2 Å². The van der Waals surface area contributed by atoms with Crippen LogP contribution in [0, 0.1) is 0 Å².